The van der Waals surface area contributed by atoms with Gasteiger partial charge in [-0.15, -0.1) is 0 Å². The summed E-state index contributed by atoms with van der Waals surface area (Å²) < 4.78 is 5.12. The van der Waals surface area contributed by atoms with E-state index in [2.05, 4.69) is 5.32 Å². The van der Waals surface area contributed by atoms with Crippen molar-refractivity contribution >= 4 is 5.78 Å². The van der Waals surface area contributed by atoms with Crippen molar-refractivity contribution in [1.29, 1.82) is 0 Å². The summed E-state index contributed by atoms with van der Waals surface area (Å²) in [6.07, 6.45) is 4.56. The topological polar surface area (TPSA) is 38.3 Å². The van der Waals surface area contributed by atoms with Gasteiger partial charge in [-0.2, -0.15) is 0 Å². The summed E-state index contributed by atoms with van der Waals surface area (Å²) in [6, 6.07) is 7.98. The molecule has 1 N–H and O–H groups in total. The zero-order chi connectivity index (χ0) is 13.5. The first-order valence-corrected chi connectivity index (χ1v) is 7.13. The molecule has 104 valence electrons. The molecule has 0 saturated carbocycles. The Kier molecular flexibility index (Phi) is 5.40. The zero-order valence-corrected chi connectivity index (χ0v) is 11.7. The number of Topliss-reactive ketones (excluding diaryl/α,β-unsaturated/α-hetero) is 1. The SMILES string of the molecule is COc1ccc(CCC(=O)CC2CCNCC2)cc1. The Bertz CT molecular complexity index is 394. The lowest BCUT2D eigenvalue weighted by atomic mass is 9.91. The second-order valence-electron chi connectivity index (χ2n) is 5.28. The van der Waals surface area contributed by atoms with Gasteiger partial charge < -0.3 is 10.1 Å². The quantitative estimate of drug-likeness (QED) is 0.855. The molecule has 0 unspecified atom stereocenters. The molecule has 1 aliphatic heterocycles. The second-order valence-corrected chi connectivity index (χ2v) is 5.28. The Balaban J connectivity index is 1.72. The third-order valence-electron chi connectivity index (χ3n) is 3.83. The van der Waals surface area contributed by atoms with Gasteiger partial charge in [-0.05, 0) is 56.0 Å². The van der Waals surface area contributed by atoms with E-state index in [0.717, 1.165) is 44.5 Å². The third kappa shape index (κ3) is 4.67. The van der Waals surface area contributed by atoms with Gasteiger partial charge in [-0.25, -0.2) is 0 Å². The number of ketones is 1. The van der Waals surface area contributed by atoms with E-state index in [4.69, 9.17) is 4.74 Å². The van der Waals surface area contributed by atoms with Crippen molar-refractivity contribution in [3.63, 3.8) is 0 Å². The van der Waals surface area contributed by atoms with Crippen LogP contribution in [0.3, 0.4) is 0 Å². The van der Waals surface area contributed by atoms with Gasteiger partial charge in [0.1, 0.15) is 11.5 Å². The van der Waals surface area contributed by atoms with Crippen molar-refractivity contribution in [2.75, 3.05) is 20.2 Å². The van der Waals surface area contributed by atoms with Gasteiger partial charge in [0.2, 0.25) is 0 Å². The molecule has 0 amide bonds. The molecule has 0 atom stereocenters. The van der Waals surface area contributed by atoms with Crippen molar-refractivity contribution in [3.05, 3.63) is 29.8 Å². The van der Waals surface area contributed by atoms with Crippen LogP contribution in [0.25, 0.3) is 0 Å². The van der Waals surface area contributed by atoms with Crippen LogP contribution < -0.4 is 10.1 Å². The zero-order valence-electron chi connectivity index (χ0n) is 11.7. The molecule has 2 rings (SSSR count). The first-order valence-electron chi connectivity index (χ1n) is 7.13. The molecule has 1 saturated heterocycles. The normalized spacial score (nSPS) is 16.3. The van der Waals surface area contributed by atoms with E-state index in [9.17, 15) is 4.79 Å². The predicted octanol–water partition coefficient (Wildman–Crippen LogP) is 2.59. The van der Waals surface area contributed by atoms with E-state index in [-0.39, 0.29) is 0 Å². The molecule has 1 aromatic rings. The maximum Gasteiger partial charge on any atom is 0.133 e. The number of aryl methyl sites for hydroxylation is 1. The Morgan fingerprint density at radius 2 is 1.95 bits per heavy atom. The fourth-order valence-electron chi connectivity index (χ4n) is 2.59. The van der Waals surface area contributed by atoms with Gasteiger partial charge in [0.05, 0.1) is 7.11 Å². The van der Waals surface area contributed by atoms with Crippen LogP contribution in [0.15, 0.2) is 24.3 Å². The van der Waals surface area contributed by atoms with Crippen molar-refractivity contribution in [2.45, 2.75) is 32.1 Å². The fourth-order valence-corrected chi connectivity index (χ4v) is 2.59. The molecule has 3 heteroatoms. The summed E-state index contributed by atoms with van der Waals surface area (Å²) in [5, 5.41) is 3.33. The van der Waals surface area contributed by atoms with Crippen molar-refractivity contribution in [3.8, 4) is 5.75 Å². The lowest BCUT2D eigenvalue weighted by molar-refractivity contribution is -0.120. The number of benzene rings is 1. The van der Waals surface area contributed by atoms with Gasteiger partial charge in [0.15, 0.2) is 0 Å². The van der Waals surface area contributed by atoms with Crippen molar-refractivity contribution in [1.82, 2.24) is 5.32 Å². The highest BCUT2D eigenvalue weighted by molar-refractivity contribution is 5.78. The molecular weight excluding hydrogens is 238 g/mol. The number of methoxy groups -OCH3 is 1. The third-order valence-corrected chi connectivity index (χ3v) is 3.83. The molecule has 1 fully saturated rings. The molecule has 19 heavy (non-hydrogen) atoms. The minimum Gasteiger partial charge on any atom is -0.497 e. The van der Waals surface area contributed by atoms with Crippen LogP contribution in [0.5, 0.6) is 5.75 Å². The maximum atomic E-state index is 12.0. The number of carbonyl (C=O) groups is 1. The molecule has 1 aliphatic rings. The Morgan fingerprint density at radius 1 is 1.26 bits per heavy atom. The lowest BCUT2D eigenvalue weighted by Crippen LogP contribution is -2.28. The summed E-state index contributed by atoms with van der Waals surface area (Å²) in [5.41, 5.74) is 1.21. The van der Waals surface area contributed by atoms with Crippen LogP contribution in [0, 0.1) is 5.92 Å². The van der Waals surface area contributed by atoms with Crippen LogP contribution in [0.1, 0.15) is 31.2 Å². The number of hydrogen-bond donors (Lipinski definition) is 1. The summed E-state index contributed by atoms with van der Waals surface area (Å²) in [6.45, 7) is 2.13. The van der Waals surface area contributed by atoms with E-state index in [0.29, 0.717) is 18.1 Å². The molecule has 0 bridgehead atoms. The van der Waals surface area contributed by atoms with Gasteiger partial charge in [0.25, 0.3) is 0 Å². The van der Waals surface area contributed by atoms with E-state index < -0.39 is 0 Å². The second kappa shape index (κ2) is 7.29. The largest absolute Gasteiger partial charge is 0.497 e. The summed E-state index contributed by atoms with van der Waals surface area (Å²) >= 11 is 0. The Hall–Kier alpha value is -1.35. The molecular formula is C16H23NO2. The minimum absolute atomic E-state index is 0.405. The van der Waals surface area contributed by atoms with E-state index in [1.165, 1.54) is 5.56 Å². The summed E-state index contributed by atoms with van der Waals surface area (Å²) in [5.74, 6) is 1.87. The van der Waals surface area contributed by atoms with Gasteiger partial charge in [-0.3, -0.25) is 4.79 Å². The fraction of sp³-hybridized carbons (Fsp3) is 0.562. The summed E-state index contributed by atoms with van der Waals surface area (Å²) in [7, 11) is 1.66. The molecule has 0 aromatic heterocycles. The number of carbonyl (C=O) groups excluding carboxylic acids is 1. The highest BCUT2D eigenvalue weighted by atomic mass is 16.5. The maximum absolute atomic E-state index is 12.0. The van der Waals surface area contributed by atoms with E-state index in [1.54, 1.807) is 7.11 Å². The smallest absolute Gasteiger partial charge is 0.133 e. The number of nitrogens with one attached hydrogen (secondary N) is 1. The first kappa shape index (κ1) is 14.1. The minimum atomic E-state index is 0.405. The highest BCUT2D eigenvalue weighted by Crippen LogP contribution is 2.18. The average Bonchev–Trinajstić information content (AvgIpc) is 2.47. The van der Waals surface area contributed by atoms with Crippen molar-refractivity contribution in [2.24, 2.45) is 5.92 Å². The van der Waals surface area contributed by atoms with Gasteiger partial charge in [0, 0.05) is 12.8 Å². The molecule has 0 aliphatic carbocycles. The molecule has 1 aromatic carbocycles. The lowest BCUT2D eigenvalue weighted by Gasteiger charge is -2.21. The Labute approximate surface area is 115 Å². The predicted molar refractivity (Wildman–Crippen MR) is 76.5 cm³/mol. The monoisotopic (exact) mass is 261 g/mol. The summed E-state index contributed by atoms with van der Waals surface area (Å²) in [4.78, 5) is 12.0. The van der Waals surface area contributed by atoms with Gasteiger partial charge >= 0.3 is 0 Å². The van der Waals surface area contributed by atoms with Crippen LogP contribution in [0.2, 0.25) is 0 Å². The van der Waals surface area contributed by atoms with Crippen LogP contribution in [0.4, 0.5) is 0 Å². The molecule has 0 radical (unpaired) electrons. The number of hydrogen-bond acceptors (Lipinski definition) is 3. The highest BCUT2D eigenvalue weighted by Gasteiger charge is 2.16. The van der Waals surface area contributed by atoms with Crippen molar-refractivity contribution < 1.29 is 9.53 Å². The molecule has 1 heterocycles. The number of piperidine rings is 1. The number of ether oxygens (including phenoxy) is 1. The Morgan fingerprint density at radius 3 is 2.58 bits per heavy atom. The standard InChI is InChI=1S/C16H23NO2/c1-19-16-6-3-13(4-7-16)2-5-15(18)12-14-8-10-17-11-9-14/h3-4,6-7,14,17H,2,5,8-12H2,1H3. The molecule has 3 nitrogen and oxygen atoms in total. The van der Waals surface area contributed by atoms with Gasteiger partial charge in [-0.1, -0.05) is 12.1 Å². The average molecular weight is 261 g/mol. The van der Waals surface area contributed by atoms with Crippen LogP contribution in [-0.2, 0) is 11.2 Å². The van der Waals surface area contributed by atoms with E-state index in [1.807, 2.05) is 24.3 Å². The van der Waals surface area contributed by atoms with Crippen LogP contribution in [-0.4, -0.2) is 26.0 Å². The van der Waals surface area contributed by atoms with E-state index >= 15 is 0 Å². The number of rotatable bonds is 6. The molecule has 0 spiro atoms. The first-order chi connectivity index (χ1) is 9.28. The van der Waals surface area contributed by atoms with Crippen LogP contribution >= 0.6 is 0 Å².